The van der Waals surface area contributed by atoms with E-state index in [1.165, 1.54) is 0 Å². The van der Waals surface area contributed by atoms with E-state index in [-0.39, 0.29) is 5.78 Å². The van der Waals surface area contributed by atoms with Crippen LogP contribution in [0.1, 0.15) is 35.6 Å². The van der Waals surface area contributed by atoms with Crippen LogP contribution >= 0.6 is 0 Å². The lowest BCUT2D eigenvalue weighted by molar-refractivity contribution is 0.104. The quantitative estimate of drug-likeness (QED) is 0.529. The van der Waals surface area contributed by atoms with E-state index in [2.05, 4.69) is 4.98 Å². The van der Waals surface area contributed by atoms with Gasteiger partial charge in [-0.25, -0.2) is 4.98 Å². The summed E-state index contributed by atoms with van der Waals surface area (Å²) in [7, 11) is 0. The van der Waals surface area contributed by atoms with Crippen molar-refractivity contribution in [2.24, 2.45) is 0 Å². The van der Waals surface area contributed by atoms with Crippen LogP contribution in [0.5, 0.6) is 0 Å². The smallest absolute Gasteiger partial charge is 0.204 e. The largest absolute Gasteiger partial charge is 0.288 e. The van der Waals surface area contributed by atoms with E-state index < -0.39 is 0 Å². The van der Waals surface area contributed by atoms with Gasteiger partial charge in [0, 0.05) is 5.69 Å². The molecule has 0 amide bonds. The van der Waals surface area contributed by atoms with Gasteiger partial charge in [-0.05, 0) is 51.5 Å². The van der Waals surface area contributed by atoms with Crippen molar-refractivity contribution in [3.05, 3.63) is 40.7 Å². The maximum atomic E-state index is 11.6. The Morgan fingerprint density at radius 2 is 1.93 bits per heavy atom. The minimum atomic E-state index is -0.0169. The van der Waals surface area contributed by atoms with Crippen LogP contribution < -0.4 is 0 Å². The van der Waals surface area contributed by atoms with Crippen molar-refractivity contribution in [2.45, 2.75) is 27.7 Å². The Bertz CT molecular complexity index is 367. The predicted octanol–water partition coefficient (Wildman–Crippen LogP) is 2.85. The highest BCUT2D eigenvalue weighted by molar-refractivity contribution is 6.03. The molecule has 14 heavy (non-hydrogen) atoms. The van der Waals surface area contributed by atoms with Crippen molar-refractivity contribution < 1.29 is 4.79 Å². The lowest BCUT2D eigenvalue weighted by atomic mass is 10.1. The summed E-state index contributed by atoms with van der Waals surface area (Å²) < 4.78 is 0. The third-order valence-electron chi connectivity index (χ3n) is 1.77. The number of aromatic nitrogens is 1. The van der Waals surface area contributed by atoms with Gasteiger partial charge in [0.1, 0.15) is 5.69 Å². The summed E-state index contributed by atoms with van der Waals surface area (Å²) in [5, 5.41) is 0. The van der Waals surface area contributed by atoms with E-state index in [0.29, 0.717) is 5.69 Å². The molecule has 0 bridgehead atoms. The highest BCUT2D eigenvalue weighted by atomic mass is 16.1. The summed E-state index contributed by atoms with van der Waals surface area (Å²) in [6.07, 6.45) is 1.61. The molecule has 0 aliphatic carbocycles. The molecular weight excluding hydrogens is 174 g/mol. The molecule has 1 rings (SSSR count). The molecule has 74 valence electrons. The molecule has 1 aromatic rings. The van der Waals surface area contributed by atoms with Crippen molar-refractivity contribution in [2.75, 3.05) is 0 Å². The molecule has 1 heterocycles. The van der Waals surface area contributed by atoms with Crippen LogP contribution in [-0.2, 0) is 0 Å². The van der Waals surface area contributed by atoms with Crippen LogP contribution in [-0.4, -0.2) is 10.8 Å². The van der Waals surface area contributed by atoms with Gasteiger partial charge in [-0.1, -0.05) is 5.57 Å². The van der Waals surface area contributed by atoms with E-state index in [1.807, 2.05) is 39.8 Å². The molecule has 2 nitrogen and oxygen atoms in total. The van der Waals surface area contributed by atoms with Gasteiger partial charge in [0.25, 0.3) is 0 Å². The van der Waals surface area contributed by atoms with Gasteiger partial charge >= 0.3 is 0 Å². The zero-order chi connectivity index (χ0) is 10.7. The molecule has 0 saturated carbocycles. The summed E-state index contributed by atoms with van der Waals surface area (Å²) in [5.41, 5.74) is 3.48. The van der Waals surface area contributed by atoms with Crippen molar-refractivity contribution in [3.63, 3.8) is 0 Å². The number of carbonyl (C=O) groups is 1. The number of hydrogen-bond donors (Lipinski definition) is 0. The van der Waals surface area contributed by atoms with Crippen molar-refractivity contribution in [1.29, 1.82) is 0 Å². The molecule has 1 aromatic heterocycles. The number of allylic oxidation sites excluding steroid dienone is 2. The fourth-order valence-electron chi connectivity index (χ4n) is 1.30. The zero-order valence-corrected chi connectivity index (χ0v) is 9.09. The molecule has 0 saturated heterocycles. The Hall–Kier alpha value is -1.44. The van der Waals surface area contributed by atoms with Crippen LogP contribution in [0, 0.1) is 13.8 Å². The van der Waals surface area contributed by atoms with E-state index in [0.717, 1.165) is 16.8 Å². The van der Waals surface area contributed by atoms with Gasteiger partial charge < -0.3 is 0 Å². The molecule has 0 aliphatic rings. The number of aryl methyl sites for hydroxylation is 2. The molecular formula is C12H15NO. The molecule has 0 radical (unpaired) electrons. The van der Waals surface area contributed by atoms with Crippen LogP contribution in [0.4, 0.5) is 0 Å². The number of pyridine rings is 1. The second kappa shape index (κ2) is 4.18. The minimum Gasteiger partial charge on any atom is -0.288 e. The Kier molecular flexibility index (Phi) is 3.18. The molecule has 0 spiro atoms. The van der Waals surface area contributed by atoms with E-state index in [9.17, 15) is 4.79 Å². The third-order valence-corrected chi connectivity index (χ3v) is 1.77. The minimum absolute atomic E-state index is 0.0169. The van der Waals surface area contributed by atoms with E-state index in [4.69, 9.17) is 0 Å². The first-order valence-electron chi connectivity index (χ1n) is 4.63. The fourth-order valence-corrected chi connectivity index (χ4v) is 1.30. The highest BCUT2D eigenvalue weighted by Crippen LogP contribution is 2.06. The Balaban J connectivity index is 3.08. The molecule has 0 N–H and O–H groups in total. The SMILES string of the molecule is CC(C)=CC(=O)c1cc(C)cc(C)n1. The maximum absolute atomic E-state index is 11.6. The number of rotatable bonds is 2. The summed E-state index contributed by atoms with van der Waals surface area (Å²) in [6.45, 7) is 7.67. The number of ketones is 1. The molecule has 2 heteroatoms. The van der Waals surface area contributed by atoms with E-state index in [1.54, 1.807) is 6.08 Å². The van der Waals surface area contributed by atoms with Gasteiger partial charge in [0.15, 0.2) is 0 Å². The maximum Gasteiger partial charge on any atom is 0.204 e. The van der Waals surface area contributed by atoms with Crippen LogP contribution in [0.2, 0.25) is 0 Å². The van der Waals surface area contributed by atoms with Crippen LogP contribution in [0.3, 0.4) is 0 Å². The number of hydrogen-bond acceptors (Lipinski definition) is 2. The summed E-state index contributed by atoms with van der Waals surface area (Å²) >= 11 is 0. The summed E-state index contributed by atoms with van der Waals surface area (Å²) in [4.78, 5) is 15.8. The standard InChI is InChI=1S/C12H15NO/c1-8(2)5-12(14)11-7-9(3)6-10(4)13-11/h5-7H,1-4H3. The molecule has 0 atom stereocenters. The highest BCUT2D eigenvalue weighted by Gasteiger charge is 2.04. The normalized spacial score (nSPS) is 9.71. The first-order valence-corrected chi connectivity index (χ1v) is 4.63. The summed E-state index contributed by atoms with van der Waals surface area (Å²) in [5.74, 6) is -0.0169. The van der Waals surface area contributed by atoms with Gasteiger partial charge in [-0.2, -0.15) is 0 Å². The van der Waals surface area contributed by atoms with Crippen molar-refractivity contribution in [3.8, 4) is 0 Å². The van der Waals surface area contributed by atoms with Gasteiger partial charge in [-0.15, -0.1) is 0 Å². The molecule has 0 unspecified atom stereocenters. The molecule has 0 aliphatic heterocycles. The average molecular weight is 189 g/mol. The second-order valence-corrected chi connectivity index (χ2v) is 3.76. The zero-order valence-electron chi connectivity index (χ0n) is 9.09. The molecule has 0 fully saturated rings. The lowest BCUT2D eigenvalue weighted by Crippen LogP contribution is -2.01. The van der Waals surface area contributed by atoms with Gasteiger partial charge in [0.05, 0.1) is 0 Å². The number of nitrogens with zero attached hydrogens (tertiary/aromatic N) is 1. The second-order valence-electron chi connectivity index (χ2n) is 3.76. The van der Waals surface area contributed by atoms with Gasteiger partial charge in [0.2, 0.25) is 5.78 Å². The molecule has 0 aromatic carbocycles. The monoisotopic (exact) mass is 189 g/mol. The van der Waals surface area contributed by atoms with Crippen molar-refractivity contribution >= 4 is 5.78 Å². The predicted molar refractivity (Wildman–Crippen MR) is 57.5 cm³/mol. The van der Waals surface area contributed by atoms with Crippen molar-refractivity contribution in [1.82, 2.24) is 4.98 Å². The first kappa shape index (κ1) is 10.6. The first-order chi connectivity index (χ1) is 6.49. The fraction of sp³-hybridized carbons (Fsp3) is 0.333. The number of carbonyl (C=O) groups excluding carboxylic acids is 1. The van der Waals surface area contributed by atoms with Crippen LogP contribution in [0.15, 0.2) is 23.8 Å². The topological polar surface area (TPSA) is 30.0 Å². The van der Waals surface area contributed by atoms with Crippen LogP contribution in [0.25, 0.3) is 0 Å². The average Bonchev–Trinajstić information content (AvgIpc) is 2.00. The third kappa shape index (κ3) is 2.80. The summed E-state index contributed by atoms with van der Waals surface area (Å²) in [6, 6.07) is 3.77. The Labute approximate surface area is 84.7 Å². The van der Waals surface area contributed by atoms with Gasteiger partial charge in [-0.3, -0.25) is 4.79 Å². The lowest BCUT2D eigenvalue weighted by Gasteiger charge is -2.00. The van der Waals surface area contributed by atoms with E-state index >= 15 is 0 Å². The Morgan fingerprint density at radius 1 is 1.29 bits per heavy atom. The Morgan fingerprint density at radius 3 is 2.43 bits per heavy atom.